The fourth-order valence-corrected chi connectivity index (χ4v) is 5.38. The minimum atomic E-state index is -3.69. The zero-order valence-corrected chi connectivity index (χ0v) is 19.2. The highest BCUT2D eigenvalue weighted by Crippen LogP contribution is 2.24. The molecule has 1 amide bonds. The predicted octanol–water partition coefficient (Wildman–Crippen LogP) is 3.70. The molecule has 0 spiro atoms. The van der Waals surface area contributed by atoms with Crippen LogP contribution < -0.4 is 10.0 Å². The van der Waals surface area contributed by atoms with Gasteiger partial charge < -0.3 is 10.2 Å². The average molecular weight is 448 g/mol. The zero-order valence-electron chi connectivity index (χ0n) is 18.4. The Morgan fingerprint density at radius 3 is 2.42 bits per heavy atom. The lowest BCUT2D eigenvalue weighted by Crippen LogP contribution is -2.42. The normalized spacial score (nSPS) is 16.8. The van der Waals surface area contributed by atoms with Crippen molar-refractivity contribution in [3.63, 3.8) is 0 Å². The van der Waals surface area contributed by atoms with Gasteiger partial charge in [0.25, 0.3) is 5.91 Å². The summed E-state index contributed by atoms with van der Waals surface area (Å²) < 4.78 is 42.6. The van der Waals surface area contributed by atoms with E-state index in [1.54, 1.807) is 26.0 Å². The molecule has 0 radical (unpaired) electrons. The molecule has 1 atom stereocenters. The monoisotopic (exact) mass is 447 g/mol. The van der Waals surface area contributed by atoms with Crippen LogP contribution in [0.5, 0.6) is 0 Å². The second-order valence-corrected chi connectivity index (χ2v) is 10.1. The summed E-state index contributed by atoms with van der Waals surface area (Å²) in [5.41, 5.74) is 1.53. The molecule has 1 saturated heterocycles. The lowest BCUT2D eigenvalue weighted by atomic mass is 9.91. The number of anilines is 1. The number of piperidine rings is 1. The molecule has 8 heteroatoms. The molecule has 0 aromatic heterocycles. The summed E-state index contributed by atoms with van der Waals surface area (Å²) in [5.74, 6) is -0.862. The van der Waals surface area contributed by atoms with Gasteiger partial charge in [-0.2, -0.15) is 0 Å². The lowest BCUT2D eigenvalue weighted by molar-refractivity contribution is 0.102. The Morgan fingerprint density at radius 1 is 1.13 bits per heavy atom. The molecule has 2 aromatic carbocycles. The fourth-order valence-electron chi connectivity index (χ4n) is 3.99. The van der Waals surface area contributed by atoms with Gasteiger partial charge in [0, 0.05) is 11.7 Å². The van der Waals surface area contributed by atoms with E-state index < -0.39 is 21.7 Å². The Hall–Kier alpha value is -2.29. The first-order chi connectivity index (χ1) is 14.6. The molecule has 31 heavy (non-hydrogen) atoms. The molecule has 1 aliphatic rings. The van der Waals surface area contributed by atoms with Crippen molar-refractivity contribution < 1.29 is 17.6 Å². The van der Waals surface area contributed by atoms with Gasteiger partial charge in [-0.15, -0.1) is 0 Å². The van der Waals surface area contributed by atoms with Crippen molar-refractivity contribution in [1.82, 2.24) is 9.62 Å². The van der Waals surface area contributed by atoms with Gasteiger partial charge in [-0.1, -0.05) is 12.1 Å². The molecular formula is C23H30FN3O3S. The molecule has 0 unspecified atom stereocenters. The van der Waals surface area contributed by atoms with E-state index in [9.17, 15) is 17.6 Å². The van der Waals surface area contributed by atoms with Gasteiger partial charge in [-0.25, -0.2) is 17.5 Å². The first kappa shape index (κ1) is 23.4. The van der Waals surface area contributed by atoms with Crippen LogP contribution in [0.15, 0.2) is 41.3 Å². The molecule has 3 rings (SSSR count). The number of likely N-dealkylation sites (tertiary alicyclic amines) is 1. The number of benzene rings is 2. The number of amides is 1. The second kappa shape index (κ2) is 9.46. The number of aryl methyl sites for hydroxylation is 2. The number of hydrogen-bond donors (Lipinski definition) is 2. The van der Waals surface area contributed by atoms with E-state index in [0.717, 1.165) is 25.9 Å². The number of carbonyl (C=O) groups excluding carboxylic acids is 1. The van der Waals surface area contributed by atoms with Crippen molar-refractivity contribution in [2.45, 2.75) is 44.6 Å². The van der Waals surface area contributed by atoms with Crippen LogP contribution >= 0.6 is 0 Å². The van der Waals surface area contributed by atoms with Crippen molar-refractivity contribution >= 4 is 21.6 Å². The molecule has 1 fully saturated rings. The predicted molar refractivity (Wildman–Crippen MR) is 120 cm³/mol. The Kier molecular flexibility index (Phi) is 7.13. The van der Waals surface area contributed by atoms with E-state index in [0.29, 0.717) is 22.7 Å². The fraction of sp³-hybridized carbons (Fsp3) is 0.435. The molecular weight excluding hydrogens is 417 g/mol. The number of carbonyl (C=O) groups is 1. The van der Waals surface area contributed by atoms with Crippen LogP contribution in [-0.4, -0.2) is 45.4 Å². The molecule has 1 heterocycles. The zero-order chi connectivity index (χ0) is 22.8. The summed E-state index contributed by atoms with van der Waals surface area (Å²) in [5, 5.41) is 2.68. The molecule has 2 aromatic rings. The van der Waals surface area contributed by atoms with Crippen LogP contribution in [0.3, 0.4) is 0 Å². The highest BCUT2D eigenvalue weighted by molar-refractivity contribution is 7.89. The minimum Gasteiger partial charge on any atom is -0.322 e. The highest BCUT2D eigenvalue weighted by Gasteiger charge is 2.27. The van der Waals surface area contributed by atoms with Gasteiger partial charge in [0.15, 0.2) is 0 Å². The molecule has 0 saturated carbocycles. The van der Waals surface area contributed by atoms with Crippen molar-refractivity contribution in [2.75, 3.05) is 25.5 Å². The largest absolute Gasteiger partial charge is 0.322 e. The third kappa shape index (κ3) is 5.50. The summed E-state index contributed by atoms with van der Waals surface area (Å²) >= 11 is 0. The van der Waals surface area contributed by atoms with Gasteiger partial charge in [-0.3, -0.25) is 4.79 Å². The first-order valence-corrected chi connectivity index (χ1v) is 11.9. The van der Waals surface area contributed by atoms with E-state index in [4.69, 9.17) is 0 Å². The number of nitrogens with zero attached hydrogens (tertiary/aromatic N) is 1. The van der Waals surface area contributed by atoms with Gasteiger partial charge >= 0.3 is 0 Å². The van der Waals surface area contributed by atoms with Crippen LogP contribution in [-0.2, 0) is 10.0 Å². The van der Waals surface area contributed by atoms with Crippen molar-refractivity contribution in [1.29, 1.82) is 0 Å². The Bertz CT molecular complexity index is 1040. The van der Waals surface area contributed by atoms with E-state index in [-0.39, 0.29) is 16.5 Å². The topological polar surface area (TPSA) is 78.5 Å². The van der Waals surface area contributed by atoms with Gasteiger partial charge in [0.1, 0.15) is 5.82 Å². The minimum absolute atomic E-state index is 0.0211. The maximum atomic E-state index is 14.1. The quantitative estimate of drug-likeness (QED) is 0.708. The Balaban J connectivity index is 1.73. The Labute approximate surface area is 183 Å². The van der Waals surface area contributed by atoms with E-state index in [1.807, 2.05) is 6.92 Å². The van der Waals surface area contributed by atoms with Gasteiger partial charge in [-0.05, 0) is 95.1 Å². The third-order valence-electron chi connectivity index (χ3n) is 6.02. The van der Waals surface area contributed by atoms with Crippen LogP contribution in [0.4, 0.5) is 10.1 Å². The van der Waals surface area contributed by atoms with Crippen molar-refractivity contribution in [3.8, 4) is 0 Å². The van der Waals surface area contributed by atoms with Crippen LogP contribution in [0.1, 0.15) is 41.3 Å². The standard InChI is InChI=1S/C23H30FN3O3S/c1-15-6-5-7-20(24)22(15)23(28)25-21-9-8-19(14-16(21)2)31(29,30)26-17(3)18-10-12-27(4)13-11-18/h5-9,14,17-18,26H,10-13H2,1-4H3,(H,25,28)/t17-/m1/s1. The SMILES string of the molecule is Cc1cc(S(=O)(=O)N[C@H](C)C2CCN(C)CC2)ccc1NC(=O)c1c(C)cccc1F. The highest BCUT2D eigenvalue weighted by atomic mass is 32.2. The second-order valence-electron chi connectivity index (χ2n) is 8.41. The maximum absolute atomic E-state index is 14.1. The maximum Gasteiger partial charge on any atom is 0.258 e. The molecule has 168 valence electrons. The van der Waals surface area contributed by atoms with Gasteiger partial charge in [0.05, 0.1) is 10.5 Å². The molecule has 6 nitrogen and oxygen atoms in total. The average Bonchev–Trinajstić information content (AvgIpc) is 2.69. The molecule has 2 N–H and O–H groups in total. The lowest BCUT2D eigenvalue weighted by Gasteiger charge is -2.32. The van der Waals surface area contributed by atoms with Crippen molar-refractivity contribution in [2.24, 2.45) is 5.92 Å². The summed E-state index contributed by atoms with van der Waals surface area (Å²) in [6, 6.07) is 8.81. The Morgan fingerprint density at radius 2 is 1.81 bits per heavy atom. The number of halogens is 1. The summed E-state index contributed by atoms with van der Waals surface area (Å²) in [4.78, 5) is 14.9. The third-order valence-corrected chi connectivity index (χ3v) is 7.57. The molecule has 0 bridgehead atoms. The smallest absolute Gasteiger partial charge is 0.258 e. The molecule has 0 aliphatic carbocycles. The number of hydrogen-bond acceptors (Lipinski definition) is 4. The van der Waals surface area contributed by atoms with E-state index in [1.165, 1.54) is 24.3 Å². The summed E-state index contributed by atoms with van der Waals surface area (Å²) in [6.07, 6.45) is 1.92. The first-order valence-electron chi connectivity index (χ1n) is 10.5. The van der Waals surface area contributed by atoms with Crippen LogP contribution in [0.25, 0.3) is 0 Å². The van der Waals surface area contributed by atoms with Gasteiger partial charge in [0.2, 0.25) is 10.0 Å². The van der Waals surface area contributed by atoms with Crippen LogP contribution in [0.2, 0.25) is 0 Å². The van der Waals surface area contributed by atoms with E-state index >= 15 is 0 Å². The number of nitrogens with one attached hydrogen (secondary N) is 2. The number of rotatable bonds is 6. The number of sulfonamides is 1. The van der Waals surface area contributed by atoms with Crippen molar-refractivity contribution in [3.05, 3.63) is 58.9 Å². The summed E-state index contributed by atoms with van der Waals surface area (Å²) in [6.45, 7) is 7.21. The molecule has 1 aliphatic heterocycles. The van der Waals surface area contributed by atoms with Crippen LogP contribution in [0, 0.1) is 25.6 Å². The summed E-state index contributed by atoms with van der Waals surface area (Å²) in [7, 11) is -1.62. The van der Waals surface area contributed by atoms with E-state index in [2.05, 4.69) is 22.0 Å².